The van der Waals surface area contributed by atoms with Crippen molar-refractivity contribution < 1.29 is 4.79 Å². The molecule has 164 valence electrons. The van der Waals surface area contributed by atoms with E-state index in [1.807, 2.05) is 47.8 Å². The van der Waals surface area contributed by atoms with Crippen LogP contribution < -0.4 is 4.90 Å². The summed E-state index contributed by atoms with van der Waals surface area (Å²) in [4.78, 5) is 26.1. The van der Waals surface area contributed by atoms with Crippen molar-refractivity contribution in [3.8, 4) is 11.1 Å². The molecule has 5 nitrogen and oxygen atoms in total. The molecule has 6 heteroatoms. The summed E-state index contributed by atoms with van der Waals surface area (Å²) in [6, 6.07) is 12.7. The number of piperidine rings is 1. The first-order valence-electron chi connectivity index (χ1n) is 11.2. The van der Waals surface area contributed by atoms with Gasteiger partial charge in [-0.25, -0.2) is 4.98 Å². The molecule has 3 aromatic rings. The monoisotopic (exact) mass is 444 g/mol. The van der Waals surface area contributed by atoms with E-state index in [4.69, 9.17) is 0 Å². The zero-order chi connectivity index (χ0) is 22.1. The van der Waals surface area contributed by atoms with E-state index < -0.39 is 0 Å². The highest BCUT2D eigenvalue weighted by Crippen LogP contribution is 2.34. The molecule has 1 atom stereocenters. The number of pyridine rings is 1. The topological polar surface area (TPSA) is 49.3 Å². The van der Waals surface area contributed by atoms with Crippen LogP contribution in [0.4, 0.5) is 5.69 Å². The van der Waals surface area contributed by atoms with Crippen LogP contribution >= 0.6 is 11.3 Å². The molecule has 2 fully saturated rings. The lowest BCUT2D eigenvalue weighted by atomic mass is 9.89. The van der Waals surface area contributed by atoms with Crippen molar-refractivity contribution in [3.05, 3.63) is 71.5 Å². The second kappa shape index (κ2) is 8.96. The second-order valence-electron chi connectivity index (χ2n) is 8.77. The Kier molecular flexibility index (Phi) is 5.89. The lowest BCUT2D eigenvalue weighted by Crippen LogP contribution is -2.43. The third kappa shape index (κ3) is 4.25. The van der Waals surface area contributed by atoms with Crippen molar-refractivity contribution in [1.29, 1.82) is 0 Å². The van der Waals surface area contributed by atoms with Gasteiger partial charge in [-0.2, -0.15) is 0 Å². The average molecular weight is 445 g/mol. The van der Waals surface area contributed by atoms with E-state index in [0.717, 1.165) is 60.0 Å². The molecule has 0 spiro atoms. The van der Waals surface area contributed by atoms with Crippen molar-refractivity contribution in [2.24, 2.45) is 5.92 Å². The van der Waals surface area contributed by atoms with Crippen LogP contribution in [0.25, 0.3) is 16.7 Å². The summed E-state index contributed by atoms with van der Waals surface area (Å²) in [5.74, 6) is 0.707. The Morgan fingerprint density at radius 2 is 1.91 bits per heavy atom. The molecule has 0 N–H and O–H groups in total. The summed E-state index contributed by atoms with van der Waals surface area (Å²) < 4.78 is 0. The Balaban J connectivity index is 1.24. The number of nitrogens with zero attached hydrogens (tertiary/aromatic N) is 4. The van der Waals surface area contributed by atoms with Crippen LogP contribution in [0.1, 0.15) is 30.0 Å². The predicted molar refractivity (Wildman–Crippen MR) is 131 cm³/mol. The number of anilines is 1. The number of likely N-dealkylation sites (tertiary alicyclic amines) is 1. The van der Waals surface area contributed by atoms with Gasteiger partial charge < -0.3 is 4.90 Å². The zero-order valence-corrected chi connectivity index (χ0v) is 19.2. The molecule has 0 radical (unpaired) electrons. The quantitative estimate of drug-likeness (QED) is 0.553. The highest BCUT2D eigenvalue weighted by Gasteiger charge is 2.36. The minimum absolute atomic E-state index is 0.215. The number of benzene rings is 1. The Bertz CT molecular complexity index is 1120. The first-order chi connectivity index (χ1) is 15.6. The number of allylic oxidation sites excluding steroid dienone is 1. The molecule has 1 unspecified atom stereocenters. The fourth-order valence-corrected chi connectivity index (χ4v) is 5.62. The molecule has 0 bridgehead atoms. The first kappa shape index (κ1) is 21.0. The van der Waals surface area contributed by atoms with Crippen LogP contribution in [0.15, 0.2) is 60.8 Å². The van der Waals surface area contributed by atoms with Gasteiger partial charge in [-0.15, -0.1) is 11.3 Å². The largest absolute Gasteiger partial charge is 0.311 e. The molecule has 1 amide bonds. The minimum atomic E-state index is 0.215. The third-order valence-corrected chi connectivity index (χ3v) is 7.59. The van der Waals surface area contributed by atoms with Gasteiger partial charge in [0.05, 0.1) is 0 Å². The lowest BCUT2D eigenvalue weighted by molar-refractivity contribution is -0.117. The van der Waals surface area contributed by atoms with Crippen LogP contribution in [0, 0.1) is 12.8 Å². The molecule has 2 aliphatic rings. The molecular formula is C26H28N4OS. The molecule has 5 rings (SSSR count). The standard InChI is InChI=1S/C26H28N4OS/c1-18-14-22(6-9-27-18)21-4-3-5-23(15-21)30-17-24(16-25(30)31)29-11-7-20(8-12-29)19(2)26-28-10-13-32-26/h3-6,9-10,13-15,20,24H,2,7-8,11-12,16-17H2,1H3. The van der Waals surface area contributed by atoms with E-state index in [2.05, 4.69) is 39.6 Å². The van der Waals surface area contributed by atoms with Crippen molar-refractivity contribution in [1.82, 2.24) is 14.9 Å². The van der Waals surface area contributed by atoms with E-state index in [-0.39, 0.29) is 11.9 Å². The van der Waals surface area contributed by atoms with E-state index >= 15 is 0 Å². The maximum absolute atomic E-state index is 12.9. The van der Waals surface area contributed by atoms with Gasteiger partial charge in [-0.1, -0.05) is 18.7 Å². The summed E-state index contributed by atoms with van der Waals surface area (Å²) in [6.07, 6.45) is 6.45. The molecule has 32 heavy (non-hydrogen) atoms. The summed E-state index contributed by atoms with van der Waals surface area (Å²) in [7, 11) is 0. The lowest BCUT2D eigenvalue weighted by Gasteiger charge is -2.36. The van der Waals surface area contributed by atoms with Gasteiger partial charge in [0.1, 0.15) is 5.01 Å². The van der Waals surface area contributed by atoms with Gasteiger partial charge in [0, 0.05) is 48.2 Å². The first-order valence-corrected chi connectivity index (χ1v) is 12.1. The summed E-state index contributed by atoms with van der Waals surface area (Å²) in [5.41, 5.74) is 5.39. The molecule has 2 aliphatic heterocycles. The number of hydrogen-bond acceptors (Lipinski definition) is 5. The highest BCUT2D eigenvalue weighted by atomic mass is 32.1. The van der Waals surface area contributed by atoms with E-state index in [1.54, 1.807) is 11.3 Å². The zero-order valence-electron chi connectivity index (χ0n) is 18.4. The fraction of sp³-hybridized carbons (Fsp3) is 0.346. The second-order valence-corrected chi connectivity index (χ2v) is 9.67. The van der Waals surface area contributed by atoms with Gasteiger partial charge in [-0.3, -0.25) is 14.7 Å². The molecule has 2 aromatic heterocycles. The number of carbonyl (C=O) groups is 1. The van der Waals surface area contributed by atoms with Crippen molar-refractivity contribution in [2.75, 3.05) is 24.5 Å². The number of aryl methyl sites for hydroxylation is 1. The van der Waals surface area contributed by atoms with Crippen LogP contribution in [0.5, 0.6) is 0 Å². The van der Waals surface area contributed by atoms with Gasteiger partial charge in [0.15, 0.2) is 0 Å². The number of thiazole rings is 1. The Hall–Kier alpha value is -2.83. The number of amides is 1. The van der Waals surface area contributed by atoms with Gasteiger partial charge in [0.25, 0.3) is 0 Å². The van der Waals surface area contributed by atoms with E-state index in [0.29, 0.717) is 12.3 Å². The Labute approximate surface area is 193 Å². The molecular weight excluding hydrogens is 416 g/mol. The van der Waals surface area contributed by atoms with Gasteiger partial charge >= 0.3 is 0 Å². The van der Waals surface area contributed by atoms with E-state index in [9.17, 15) is 4.79 Å². The van der Waals surface area contributed by atoms with Crippen LogP contribution in [-0.4, -0.2) is 46.5 Å². The summed E-state index contributed by atoms with van der Waals surface area (Å²) in [6.45, 7) is 9.09. The molecule has 0 saturated carbocycles. The van der Waals surface area contributed by atoms with E-state index in [1.165, 1.54) is 5.57 Å². The Morgan fingerprint density at radius 1 is 1.09 bits per heavy atom. The molecule has 2 saturated heterocycles. The molecule has 0 aliphatic carbocycles. The third-order valence-electron chi connectivity index (χ3n) is 6.74. The molecule has 4 heterocycles. The predicted octanol–water partition coefficient (Wildman–Crippen LogP) is 5.04. The Morgan fingerprint density at radius 3 is 2.66 bits per heavy atom. The summed E-state index contributed by atoms with van der Waals surface area (Å²) >= 11 is 1.67. The average Bonchev–Trinajstić information content (AvgIpc) is 3.49. The van der Waals surface area contributed by atoms with Crippen LogP contribution in [0.3, 0.4) is 0 Å². The van der Waals surface area contributed by atoms with Gasteiger partial charge in [0.2, 0.25) is 5.91 Å². The maximum Gasteiger partial charge on any atom is 0.228 e. The SMILES string of the molecule is C=C(c1nccs1)C1CCN(C2CC(=O)N(c3cccc(-c4ccnc(C)c4)c3)C2)CC1. The van der Waals surface area contributed by atoms with Crippen LogP contribution in [0.2, 0.25) is 0 Å². The van der Waals surface area contributed by atoms with Crippen molar-refractivity contribution in [3.63, 3.8) is 0 Å². The molecule has 1 aromatic carbocycles. The normalized spacial score (nSPS) is 20.1. The highest BCUT2D eigenvalue weighted by molar-refractivity contribution is 7.10. The minimum Gasteiger partial charge on any atom is -0.311 e. The number of rotatable bonds is 5. The number of aromatic nitrogens is 2. The summed E-state index contributed by atoms with van der Waals surface area (Å²) in [5, 5.41) is 3.08. The fourth-order valence-electron chi connectivity index (χ4n) is 4.93. The van der Waals surface area contributed by atoms with Crippen molar-refractivity contribution >= 4 is 28.5 Å². The van der Waals surface area contributed by atoms with Crippen molar-refractivity contribution in [2.45, 2.75) is 32.2 Å². The van der Waals surface area contributed by atoms with Gasteiger partial charge in [-0.05, 0) is 79.7 Å². The number of carbonyl (C=O) groups excluding carboxylic acids is 1. The number of hydrogen-bond donors (Lipinski definition) is 0. The smallest absolute Gasteiger partial charge is 0.228 e. The maximum atomic E-state index is 12.9. The van der Waals surface area contributed by atoms with Crippen LogP contribution in [-0.2, 0) is 4.79 Å².